The molecule has 0 atom stereocenters. The number of piperidine rings is 1. The summed E-state index contributed by atoms with van der Waals surface area (Å²) in [5.41, 5.74) is 1.26. The van der Waals surface area contributed by atoms with E-state index in [1.54, 1.807) is 12.1 Å². The van der Waals surface area contributed by atoms with Gasteiger partial charge in [-0.25, -0.2) is 0 Å². The maximum Gasteiger partial charge on any atom is 0.222 e. The van der Waals surface area contributed by atoms with Crippen LogP contribution in [-0.2, 0) is 4.79 Å². The van der Waals surface area contributed by atoms with Gasteiger partial charge < -0.3 is 14.4 Å². The number of aryl methyl sites for hydroxylation is 1. The van der Waals surface area contributed by atoms with Crippen molar-refractivity contribution in [3.05, 3.63) is 58.6 Å². The van der Waals surface area contributed by atoms with Crippen LogP contribution in [0.1, 0.15) is 48.0 Å². The summed E-state index contributed by atoms with van der Waals surface area (Å²) < 4.78 is 11.9. The van der Waals surface area contributed by atoms with Crippen molar-refractivity contribution >= 4 is 23.3 Å². The van der Waals surface area contributed by atoms with Gasteiger partial charge in [0.05, 0.1) is 18.6 Å². The molecule has 2 aliphatic heterocycles. The lowest BCUT2D eigenvalue weighted by Crippen LogP contribution is -2.52. The van der Waals surface area contributed by atoms with Crippen molar-refractivity contribution in [1.82, 2.24) is 4.90 Å². The Balaban J connectivity index is 1.25. The SMILES string of the molecule is Cc1ccc2c(c1)C(=O)CC1(CCN(C(=O)CCCOc3ccc(Cl)cc3)CC1)O2. The van der Waals surface area contributed by atoms with Gasteiger partial charge in [-0.15, -0.1) is 0 Å². The van der Waals surface area contributed by atoms with Crippen LogP contribution in [0.2, 0.25) is 5.02 Å². The van der Waals surface area contributed by atoms with Gasteiger partial charge in [0.1, 0.15) is 17.1 Å². The van der Waals surface area contributed by atoms with Crippen molar-refractivity contribution in [2.24, 2.45) is 0 Å². The quantitative estimate of drug-likeness (QED) is 0.641. The molecule has 1 spiro atoms. The fourth-order valence-corrected chi connectivity index (χ4v) is 4.28. The Labute approximate surface area is 181 Å². The number of ether oxygens (including phenoxy) is 2. The fraction of sp³-hybridized carbons (Fsp3) is 0.417. The van der Waals surface area contributed by atoms with Crippen molar-refractivity contribution in [2.75, 3.05) is 19.7 Å². The number of likely N-dealkylation sites (tertiary alicyclic amines) is 1. The molecule has 2 aliphatic rings. The summed E-state index contributed by atoms with van der Waals surface area (Å²) in [6.45, 7) is 3.69. The molecule has 4 rings (SSSR count). The number of rotatable bonds is 5. The number of ketones is 1. The van der Waals surface area contributed by atoms with Crippen molar-refractivity contribution in [3.63, 3.8) is 0 Å². The molecule has 1 saturated heterocycles. The molecule has 0 aromatic heterocycles. The van der Waals surface area contributed by atoms with Gasteiger partial charge in [0.2, 0.25) is 5.91 Å². The van der Waals surface area contributed by atoms with Gasteiger partial charge in [-0.2, -0.15) is 0 Å². The van der Waals surface area contributed by atoms with Crippen molar-refractivity contribution < 1.29 is 19.1 Å². The van der Waals surface area contributed by atoms with E-state index in [1.165, 1.54) is 0 Å². The Morgan fingerprint density at radius 3 is 2.63 bits per heavy atom. The molecular weight excluding hydrogens is 402 g/mol. The van der Waals surface area contributed by atoms with Gasteiger partial charge in [0.25, 0.3) is 0 Å². The fourth-order valence-electron chi connectivity index (χ4n) is 4.15. The minimum absolute atomic E-state index is 0.128. The van der Waals surface area contributed by atoms with Crippen LogP contribution in [0.4, 0.5) is 0 Å². The average Bonchev–Trinajstić information content (AvgIpc) is 2.73. The van der Waals surface area contributed by atoms with E-state index in [9.17, 15) is 9.59 Å². The van der Waals surface area contributed by atoms with Crippen LogP contribution in [0.3, 0.4) is 0 Å². The standard InChI is InChI=1S/C24H26ClNO4/c1-17-4-9-22-20(15-17)21(27)16-24(30-22)10-12-26(13-11-24)23(28)3-2-14-29-19-7-5-18(25)6-8-19/h4-9,15H,2-3,10-14,16H2,1H3. The maximum absolute atomic E-state index is 12.7. The number of amides is 1. The molecule has 0 radical (unpaired) electrons. The van der Waals surface area contributed by atoms with Gasteiger partial charge >= 0.3 is 0 Å². The molecule has 30 heavy (non-hydrogen) atoms. The van der Waals surface area contributed by atoms with Crippen molar-refractivity contribution in [3.8, 4) is 11.5 Å². The van der Waals surface area contributed by atoms with Crippen molar-refractivity contribution in [1.29, 1.82) is 0 Å². The highest BCUT2D eigenvalue weighted by molar-refractivity contribution is 6.30. The zero-order valence-electron chi connectivity index (χ0n) is 17.2. The first kappa shape index (κ1) is 20.7. The Bertz CT molecular complexity index is 933. The smallest absolute Gasteiger partial charge is 0.222 e. The van der Waals surface area contributed by atoms with Crippen LogP contribution in [0.25, 0.3) is 0 Å². The molecule has 2 aromatic rings. The summed E-state index contributed by atoms with van der Waals surface area (Å²) >= 11 is 5.86. The Kier molecular flexibility index (Phi) is 6.00. The molecule has 0 unspecified atom stereocenters. The van der Waals surface area contributed by atoms with Crippen LogP contribution in [0.5, 0.6) is 11.5 Å². The summed E-state index contributed by atoms with van der Waals surface area (Å²) in [5.74, 6) is 1.69. The number of carbonyl (C=O) groups is 2. The van der Waals surface area contributed by atoms with Gasteiger partial charge in [0.15, 0.2) is 5.78 Å². The zero-order chi connectivity index (χ0) is 21.1. The highest BCUT2D eigenvalue weighted by Crippen LogP contribution is 2.39. The first-order valence-corrected chi connectivity index (χ1v) is 10.8. The van der Waals surface area contributed by atoms with E-state index in [0.717, 1.165) is 11.3 Å². The molecule has 0 bridgehead atoms. The van der Waals surface area contributed by atoms with Crippen LogP contribution < -0.4 is 9.47 Å². The third-order valence-corrected chi connectivity index (χ3v) is 6.14. The topological polar surface area (TPSA) is 55.8 Å². The van der Waals surface area contributed by atoms with E-state index >= 15 is 0 Å². The lowest BCUT2D eigenvalue weighted by molar-refractivity contribution is -0.135. The van der Waals surface area contributed by atoms with Gasteiger partial charge in [-0.3, -0.25) is 9.59 Å². The van der Waals surface area contributed by atoms with Gasteiger partial charge in [-0.05, 0) is 49.7 Å². The van der Waals surface area contributed by atoms with E-state index in [1.807, 2.05) is 42.2 Å². The predicted molar refractivity (Wildman–Crippen MR) is 115 cm³/mol. The molecule has 6 heteroatoms. The first-order valence-electron chi connectivity index (χ1n) is 10.4. The lowest BCUT2D eigenvalue weighted by Gasteiger charge is -2.44. The van der Waals surface area contributed by atoms with Crippen LogP contribution in [-0.4, -0.2) is 41.9 Å². The molecule has 2 aromatic carbocycles. The molecular formula is C24H26ClNO4. The lowest BCUT2D eigenvalue weighted by atomic mass is 9.82. The molecule has 0 saturated carbocycles. The number of fused-ring (bicyclic) bond motifs is 1. The third-order valence-electron chi connectivity index (χ3n) is 5.89. The summed E-state index contributed by atoms with van der Waals surface area (Å²) in [6, 6.07) is 13.0. The third kappa shape index (κ3) is 4.62. The second-order valence-electron chi connectivity index (χ2n) is 8.17. The molecule has 0 aliphatic carbocycles. The average molecular weight is 428 g/mol. The largest absolute Gasteiger partial charge is 0.494 e. The monoisotopic (exact) mass is 427 g/mol. The molecule has 1 fully saturated rings. The van der Waals surface area contributed by atoms with E-state index in [4.69, 9.17) is 21.1 Å². The second-order valence-corrected chi connectivity index (χ2v) is 8.61. The van der Waals surface area contributed by atoms with Crippen LogP contribution >= 0.6 is 11.6 Å². The minimum atomic E-state index is -0.478. The molecule has 1 amide bonds. The van der Waals surface area contributed by atoms with Crippen molar-refractivity contribution in [2.45, 2.75) is 44.6 Å². The van der Waals surface area contributed by atoms with Gasteiger partial charge in [0, 0.05) is 37.4 Å². The summed E-state index contributed by atoms with van der Waals surface area (Å²) in [6.07, 6.45) is 2.85. The first-order chi connectivity index (χ1) is 14.4. The number of benzene rings is 2. The van der Waals surface area contributed by atoms with E-state index in [0.29, 0.717) is 68.1 Å². The van der Waals surface area contributed by atoms with Crippen LogP contribution in [0, 0.1) is 6.92 Å². The summed E-state index contributed by atoms with van der Waals surface area (Å²) in [4.78, 5) is 27.1. The summed E-state index contributed by atoms with van der Waals surface area (Å²) in [5, 5.41) is 0.669. The summed E-state index contributed by atoms with van der Waals surface area (Å²) in [7, 11) is 0. The second kappa shape index (κ2) is 8.68. The number of nitrogens with zero attached hydrogens (tertiary/aromatic N) is 1. The maximum atomic E-state index is 12.7. The molecule has 2 heterocycles. The number of hydrogen-bond acceptors (Lipinski definition) is 4. The molecule has 0 N–H and O–H groups in total. The number of halogens is 1. The highest BCUT2D eigenvalue weighted by atomic mass is 35.5. The molecule has 5 nitrogen and oxygen atoms in total. The zero-order valence-corrected chi connectivity index (χ0v) is 17.9. The van der Waals surface area contributed by atoms with Crippen LogP contribution in [0.15, 0.2) is 42.5 Å². The van der Waals surface area contributed by atoms with E-state index in [2.05, 4.69) is 0 Å². The number of Topliss-reactive ketones (excluding diaryl/α,β-unsaturated/α-hetero) is 1. The van der Waals surface area contributed by atoms with E-state index in [-0.39, 0.29) is 11.7 Å². The normalized spacial score (nSPS) is 17.4. The Hall–Kier alpha value is -2.53. The Morgan fingerprint density at radius 1 is 1.17 bits per heavy atom. The predicted octanol–water partition coefficient (Wildman–Crippen LogP) is 4.83. The highest BCUT2D eigenvalue weighted by Gasteiger charge is 2.43. The van der Waals surface area contributed by atoms with Gasteiger partial charge in [-0.1, -0.05) is 23.2 Å². The number of carbonyl (C=O) groups excluding carboxylic acids is 2. The Morgan fingerprint density at radius 2 is 1.90 bits per heavy atom. The number of hydrogen-bond donors (Lipinski definition) is 0. The molecule has 158 valence electrons. The minimum Gasteiger partial charge on any atom is -0.494 e. The van der Waals surface area contributed by atoms with E-state index < -0.39 is 5.60 Å².